The second-order valence-corrected chi connectivity index (χ2v) is 3.67. The first-order chi connectivity index (χ1) is 8.47. The quantitative estimate of drug-likeness (QED) is 0.826. The minimum absolute atomic E-state index is 0. The molecule has 0 saturated heterocycles. The smallest absolute Gasteiger partial charge is 0.416 e. The summed E-state index contributed by atoms with van der Waals surface area (Å²) in [6.45, 7) is 0. The number of alkyl halides is 3. The van der Waals surface area contributed by atoms with Crippen molar-refractivity contribution >= 4 is 18.1 Å². The Morgan fingerprint density at radius 3 is 2.11 bits per heavy atom. The summed E-state index contributed by atoms with van der Waals surface area (Å²) < 4.78 is 42.7. The maximum atomic E-state index is 12.4. The van der Waals surface area contributed by atoms with Crippen LogP contribution in [0.15, 0.2) is 48.5 Å². The molecule has 0 radical (unpaired) electrons. The van der Waals surface area contributed by atoms with E-state index in [4.69, 9.17) is 10.5 Å². The van der Waals surface area contributed by atoms with Crippen LogP contribution in [0.2, 0.25) is 0 Å². The van der Waals surface area contributed by atoms with Crippen LogP contribution in [-0.4, -0.2) is 0 Å². The molecule has 0 amide bonds. The highest BCUT2D eigenvalue weighted by molar-refractivity contribution is 5.85. The van der Waals surface area contributed by atoms with E-state index in [9.17, 15) is 13.2 Å². The van der Waals surface area contributed by atoms with E-state index in [1.165, 1.54) is 6.07 Å². The number of benzene rings is 2. The maximum Gasteiger partial charge on any atom is 0.416 e. The van der Waals surface area contributed by atoms with Gasteiger partial charge in [0.2, 0.25) is 0 Å². The molecule has 0 aliphatic rings. The van der Waals surface area contributed by atoms with E-state index in [1.54, 1.807) is 24.3 Å². The molecule has 0 aliphatic heterocycles. The van der Waals surface area contributed by atoms with Crippen LogP contribution in [0.4, 0.5) is 18.9 Å². The normalized spacial score (nSPS) is 10.7. The van der Waals surface area contributed by atoms with Gasteiger partial charge in [0.05, 0.1) is 11.3 Å². The first-order valence-corrected chi connectivity index (χ1v) is 5.16. The highest BCUT2D eigenvalue weighted by Gasteiger charge is 2.30. The summed E-state index contributed by atoms with van der Waals surface area (Å²) >= 11 is 0. The predicted octanol–water partition coefficient (Wildman–Crippen LogP) is 4.50. The van der Waals surface area contributed by atoms with Gasteiger partial charge in [-0.3, -0.25) is 0 Å². The summed E-state index contributed by atoms with van der Waals surface area (Å²) in [5.74, 6) is 0.721. The van der Waals surface area contributed by atoms with Crippen molar-refractivity contribution in [3.63, 3.8) is 0 Å². The third-order valence-corrected chi connectivity index (χ3v) is 2.31. The molecule has 0 aliphatic carbocycles. The summed E-state index contributed by atoms with van der Waals surface area (Å²) in [6.07, 6.45) is -4.40. The Hall–Kier alpha value is -1.88. The molecule has 0 bridgehead atoms. The Morgan fingerprint density at radius 1 is 0.947 bits per heavy atom. The van der Waals surface area contributed by atoms with Crippen LogP contribution in [0.25, 0.3) is 0 Å². The number of ether oxygens (including phenoxy) is 1. The third-order valence-electron chi connectivity index (χ3n) is 2.31. The van der Waals surface area contributed by atoms with Crippen LogP contribution >= 0.6 is 12.4 Å². The summed E-state index contributed by atoms with van der Waals surface area (Å²) in [6, 6.07) is 11.7. The number of para-hydroxylation sites is 1. The Kier molecular flexibility index (Phi) is 4.67. The first kappa shape index (κ1) is 15.2. The molecule has 2 nitrogen and oxygen atoms in total. The van der Waals surface area contributed by atoms with Crippen molar-refractivity contribution in [3.8, 4) is 11.5 Å². The van der Waals surface area contributed by atoms with Crippen LogP contribution in [-0.2, 0) is 6.18 Å². The molecule has 6 heteroatoms. The summed E-state index contributed by atoms with van der Waals surface area (Å²) in [7, 11) is 0. The average molecular weight is 290 g/mol. The van der Waals surface area contributed by atoms with E-state index in [-0.39, 0.29) is 23.8 Å². The molecule has 0 heterocycles. The van der Waals surface area contributed by atoms with Gasteiger partial charge < -0.3 is 10.5 Å². The van der Waals surface area contributed by atoms with Crippen LogP contribution < -0.4 is 10.5 Å². The minimum atomic E-state index is -4.40. The van der Waals surface area contributed by atoms with Crippen LogP contribution in [0.5, 0.6) is 11.5 Å². The topological polar surface area (TPSA) is 35.2 Å². The van der Waals surface area contributed by atoms with E-state index in [2.05, 4.69) is 0 Å². The molecular formula is C13H11ClF3NO. The van der Waals surface area contributed by atoms with Crippen molar-refractivity contribution in [1.29, 1.82) is 0 Å². The van der Waals surface area contributed by atoms with Gasteiger partial charge in [-0.05, 0) is 30.3 Å². The molecule has 0 spiro atoms. The lowest BCUT2D eigenvalue weighted by Gasteiger charge is -2.11. The zero-order chi connectivity index (χ0) is 13.2. The van der Waals surface area contributed by atoms with Crippen LogP contribution in [0.1, 0.15) is 5.56 Å². The monoisotopic (exact) mass is 289 g/mol. The molecule has 2 N–H and O–H groups in total. The first-order valence-electron chi connectivity index (χ1n) is 5.16. The number of hydrogen-bond donors (Lipinski definition) is 1. The standard InChI is InChI=1S/C13H10F3NO.ClH/c14-13(15,16)9-6-7-12(11(17)8-9)18-10-4-2-1-3-5-10;/h1-8H,17H2;1H. The predicted molar refractivity (Wildman–Crippen MR) is 69.6 cm³/mol. The summed E-state index contributed by atoms with van der Waals surface area (Å²) in [4.78, 5) is 0. The molecule has 0 saturated carbocycles. The highest BCUT2D eigenvalue weighted by atomic mass is 35.5. The summed E-state index contributed by atoms with van der Waals surface area (Å²) in [5.41, 5.74) is 4.70. The van der Waals surface area contributed by atoms with Crippen LogP contribution in [0, 0.1) is 0 Å². The van der Waals surface area contributed by atoms with Gasteiger partial charge in [-0.1, -0.05) is 18.2 Å². The lowest BCUT2D eigenvalue weighted by atomic mass is 10.2. The van der Waals surface area contributed by atoms with E-state index in [0.717, 1.165) is 12.1 Å². The largest absolute Gasteiger partial charge is 0.455 e. The molecule has 0 aromatic heterocycles. The number of anilines is 1. The van der Waals surface area contributed by atoms with Gasteiger partial charge in [0, 0.05) is 0 Å². The molecular weight excluding hydrogens is 279 g/mol. The molecule has 102 valence electrons. The number of nitrogen functional groups attached to an aromatic ring is 1. The van der Waals surface area contributed by atoms with Crippen molar-refractivity contribution in [2.45, 2.75) is 6.18 Å². The lowest BCUT2D eigenvalue weighted by molar-refractivity contribution is -0.137. The van der Waals surface area contributed by atoms with E-state index in [1.807, 2.05) is 6.07 Å². The van der Waals surface area contributed by atoms with Crippen molar-refractivity contribution in [1.82, 2.24) is 0 Å². The molecule has 2 aromatic rings. The maximum absolute atomic E-state index is 12.4. The molecule has 0 atom stereocenters. The Bertz CT molecular complexity index is 543. The van der Waals surface area contributed by atoms with Gasteiger partial charge in [-0.25, -0.2) is 0 Å². The third kappa shape index (κ3) is 3.79. The Balaban J connectivity index is 0.00000180. The van der Waals surface area contributed by atoms with E-state index < -0.39 is 11.7 Å². The number of hydrogen-bond acceptors (Lipinski definition) is 2. The second-order valence-electron chi connectivity index (χ2n) is 3.67. The van der Waals surface area contributed by atoms with E-state index >= 15 is 0 Å². The fourth-order valence-electron chi connectivity index (χ4n) is 1.43. The van der Waals surface area contributed by atoms with Crippen molar-refractivity contribution < 1.29 is 17.9 Å². The SMILES string of the molecule is Cl.Nc1cc(C(F)(F)F)ccc1Oc1ccccc1. The number of halogens is 4. The highest BCUT2D eigenvalue weighted by Crippen LogP contribution is 2.35. The van der Waals surface area contributed by atoms with Gasteiger partial charge in [0.1, 0.15) is 11.5 Å². The average Bonchev–Trinajstić information content (AvgIpc) is 2.32. The Labute approximate surface area is 114 Å². The minimum Gasteiger partial charge on any atom is -0.455 e. The lowest BCUT2D eigenvalue weighted by Crippen LogP contribution is -2.05. The zero-order valence-corrected chi connectivity index (χ0v) is 10.5. The Morgan fingerprint density at radius 2 is 1.58 bits per heavy atom. The van der Waals surface area contributed by atoms with Crippen molar-refractivity contribution in [3.05, 3.63) is 54.1 Å². The molecule has 0 unspecified atom stereocenters. The number of nitrogens with two attached hydrogens (primary N) is 1. The van der Waals surface area contributed by atoms with Gasteiger partial charge in [-0.15, -0.1) is 12.4 Å². The van der Waals surface area contributed by atoms with Gasteiger partial charge >= 0.3 is 6.18 Å². The van der Waals surface area contributed by atoms with Gasteiger partial charge in [-0.2, -0.15) is 13.2 Å². The fraction of sp³-hybridized carbons (Fsp3) is 0.0769. The zero-order valence-electron chi connectivity index (χ0n) is 9.65. The fourth-order valence-corrected chi connectivity index (χ4v) is 1.43. The van der Waals surface area contributed by atoms with Gasteiger partial charge in [0.15, 0.2) is 0 Å². The molecule has 19 heavy (non-hydrogen) atoms. The van der Waals surface area contributed by atoms with Crippen molar-refractivity contribution in [2.24, 2.45) is 0 Å². The molecule has 2 rings (SSSR count). The molecule has 2 aromatic carbocycles. The molecule has 0 fully saturated rings. The van der Waals surface area contributed by atoms with Crippen LogP contribution in [0.3, 0.4) is 0 Å². The number of rotatable bonds is 2. The van der Waals surface area contributed by atoms with E-state index in [0.29, 0.717) is 5.75 Å². The van der Waals surface area contributed by atoms with Crippen molar-refractivity contribution in [2.75, 3.05) is 5.73 Å². The summed E-state index contributed by atoms with van der Waals surface area (Å²) in [5, 5.41) is 0. The van der Waals surface area contributed by atoms with Gasteiger partial charge in [0.25, 0.3) is 0 Å². The second kappa shape index (κ2) is 5.84.